The molecule has 0 spiro atoms. The van der Waals surface area contributed by atoms with Crippen molar-refractivity contribution in [1.82, 2.24) is 4.72 Å². The highest BCUT2D eigenvalue weighted by Gasteiger charge is 2.44. The quantitative estimate of drug-likeness (QED) is 0.0517. The minimum atomic E-state index is -3.74. The largest absolute Gasteiger partial charge is 0.438 e. The zero-order chi connectivity index (χ0) is 32.8. The van der Waals surface area contributed by atoms with Crippen LogP contribution in [0.5, 0.6) is 0 Å². The minimum absolute atomic E-state index is 0.0588. The molecule has 8 heteroatoms. The Morgan fingerprint density at radius 3 is 1.62 bits per heavy atom. The fourth-order valence-corrected chi connectivity index (χ4v) is 11.1. The number of carbonyl (C=O) groups excluding carboxylic acids is 1. The van der Waals surface area contributed by atoms with Crippen LogP contribution < -0.4 is 20.6 Å². The first-order valence-corrected chi connectivity index (χ1v) is 19.4. The first-order chi connectivity index (χ1) is 23.0. The third kappa shape index (κ3) is 9.24. The maximum absolute atomic E-state index is 12.7. The Kier molecular flexibility index (Phi) is 12.5. The van der Waals surface area contributed by atoms with Crippen molar-refractivity contribution in [3.05, 3.63) is 146 Å². The smallest absolute Gasteiger partial charge is 0.309 e. The number of hydrogen-bond acceptors (Lipinski definition) is 5. The van der Waals surface area contributed by atoms with E-state index < -0.39 is 23.3 Å². The van der Waals surface area contributed by atoms with Crippen molar-refractivity contribution in [3.63, 3.8) is 0 Å². The van der Waals surface area contributed by atoms with Crippen LogP contribution in [0.4, 0.5) is 0 Å². The molecule has 0 fully saturated rings. The molecule has 0 aliphatic heterocycles. The van der Waals surface area contributed by atoms with Gasteiger partial charge in [0.15, 0.2) is 6.79 Å². The fourth-order valence-electron chi connectivity index (χ4n) is 5.68. The molecule has 5 rings (SSSR count). The van der Waals surface area contributed by atoms with E-state index in [0.29, 0.717) is 6.61 Å². The molecule has 0 saturated carbocycles. The highest BCUT2D eigenvalue weighted by Crippen LogP contribution is 2.55. The number of benzene rings is 5. The summed E-state index contributed by atoms with van der Waals surface area (Å²) in [5, 5.41) is 4.14. The van der Waals surface area contributed by atoms with Crippen LogP contribution in [0.2, 0.25) is 0 Å². The van der Waals surface area contributed by atoms with Crippen LogP contribution in [0.1, 0.15) is 25.7 Å². The summed E-state index contributed by atoms with van der Waals surface area (Å²) in [6.07, 6.45) is 3.82. The number of carbonyl (C=O) groups is 1. The predicted octanol–water partition coefficient (Wildman–Crippen LogP) is 6.70. The highest BCUT2D eigenvalue weighted by molar-refractivity contribution is 7.95. The van der Waals surface area contributed by atoms with Gasteiger partial charge in [0.2, 0.25) is 10.0 Å². The third-order valence-corrected chi connectivity index (χ3v) is 14.1. The second kappa shape index (κ2) is 17.1. The first-order valence-electron chi connectivity index (χ1n) is 15.9. The van der Waals surface area contributed by atoms with Crippen LogP contribution in [0, 0.1) is 0 Å². The SMILES string of the molecule is O=C(CCNS(=O)(=O)c1ccc(-c2ccccc2)cc1)OCOCCCCC[P+](c1ccccc1)(c1ccccc1)c1ccccc1. The highest BCUT2D eigenvalue weighted by atomic mass is 32.2. The number of ether oxygens (including phenoxy) is 2. The van der Waals surface area contributed by atoms with Crippen LogP contribution in [0.3, 0.4) is 0 Å². The van der Waals surface area contributed by atoms with Gasteiger partial charge in [0.05, 0.1) is 24.1 Å². The summed E-state index contributed by atoms with van der Waals surface area (Å²) in [5.41, 5.74) is 1.93. The number of hydrogen-bond donors (Lipinski definition) is 1. The number of nitrogens with one attached hydrogen (secondary N) is 1. The van der Waals surface area contributed by atoms with Crippen molar-refractivity contribution in [1.29, 1.82) is 0 Å². The molecule has 0 radical (unpaired) electrons. The number of rotatable bonds is 17. The molecule has 47 heavy (non-hydrogen) atoms. The Bertz CT molecular complexity index is 1670. The second-order valence-electron chi connectivity index (χ2n) is 11.2. The lowest BCUT2D eigenvalue weighted by Crippen LogP contribution is -2.33. The van der Waals surface area contributed by atoms with Gasteiger partial charge in [-0.05, 0) is 78.9 Å². The maximum Gasteiger partial charge on any atom is 0.309 e. The summed E-state index contributed by atoms with van der Waals surface area (Å²) >= 11 is 0. The zero-order valence-electron chi connectivity index (χ0n) is 26.4. The molecule has 0 amide bonds. The molecule has 0 saturated heterocycles. The summed E-state index contributed by atoms with van der Waals surface area (Å²) in [4.78, 5) is 12.3. The van der Waals surface area contributed by atoms with Crippen LogP contribution >= 0.6 is 7.26 Å². The molecule has 0 unspecified atom stereocenters. The van der Waals surface area contributed by atoms with E-state index in [-0.39, 0.29) is 24.7 Å². The first kappa shape index (κ1) is 34.2. The molecule has 5 aromatic rings. The van der Waals surface area contributed by atoms with Crippen LogP contribution in [0.15, 0.2) is 150 Å². The fraction of sp³-hybridized carbons (Fsp3) is 0.205. The van der Waals surface area contributed by atoms with Gasteiger partial charge >= 0.3 is 5.97 Å². The normalized spacial score (nSPS) is 11.7. The van der Waals surface area contributed by atoms with Gasteiger partial charge in [-0.15, -0.1) is 0 Å². The Morgan fingerprint density at radius 1 is 0.596 bits per heavy atom. The molecule has 5 aromatic carbocycles. The lowest BCUT2D eigenvalue weighted by Gasteiger charge is -2.27. The van der Waals surface area contributed by atoms with E-state index in [1.54, 1.807) is 24.3 Å². The van der Waals surface area contributed by atoms with Gasteiger partial charge in [-0.2, -0.15) is 0 Å². The lowest BCUT2D eigenvalue weighted by molar-refractivity contribution is -0.156. The Morgan fingerprint density at radius 2 is 1.09 bits per heavy atom. The van der Waals surface area contributed by atoms with E-state index in [4.69, 9.17) is 9.47 Å². The minimum Gasteiger partial charge on any atom is -0.438 e. The number of unbranched alkanes of at least 4 members (excludes halogenated alkanes) is 2. The summed E-state index contributed by atoms with van der Waals surface area (Å²) < 4.78 is 38.6. The van der Waals surface area contributed by atoms with Crippen LogP contribution in [-0.2, 0) is 24.3 Å². The lowest BCUT2D eigenvalue weighted by atomic mass is 10.1. The van der Waals surface area contributed by atoms with Gasteiger partial charge in [-0.25, -0.2) is 13.1 Å². The molecule has 0 aliphatic rings. The standard InChI is InChI=1S/C39H41NO5PS/c41-39(28-29-40-47(42,43)38-26-24-34(25-27-38)33-16-6-1-7-17-33)45-32-44-30-14-5-15-31-46(35-18-8-2-9-19-35,36-20-10-3-11-21-36)37-22-12-4-13-23-37/h1-4,6-13,16-27,40H,5,14-15,28-32H2/q+1. The van der Waals surface area contributed by atoms with Gasteiger partial charge in [0.1, 0.15) is 23.2 Å². The summed E-state index contributed by atoms with van der Waals surface area (Å²) in [7, 11) is -5.59. The van der Waals surface area contributed by atoms with E-state index >= 15 is 0 Å². The monoisotopic (exact) mass is 666 g/mol. The molecule has 0 aliphatic carbocycles. The van der Waals surface area contributed by atoms with Crippen molar-refractivity contribution >= 4 is 39.2 Å². The number of esters is 1. The maximum atomic E-state index is 12.7. The van der Waals surface area contributed by atoms with E-state index in [1.807, 2.05) is 30.3 Å². The predicted molar refractivity (Wildman–Crippen MR) is 192 cm³/mol. The van der Waals surface area contributed by atoms with Crippen molar-refractivity contribution in [2.75, 3.05) is 26.1 Å². The Labute approximate surface area is 279 Å². The van der Waals surface area contributed by atoms with Crippen LogP contribution in [-0.4, -0.2) is 40.5 Å². The summed E-state index contributed by atoms with van der Waals surface area (Å²) in [6.45, 7) is 0.268. The molecule has 6 nitrogen and oxygen atoms in total. The molecule has 0 heterocycles. The Balaban J connectivity index is 1.03. The summed E-state index contributed by atoms with van der Waals surface area (Å²) in [5.74, 6) is -0.518. The molecule has 0 aromatic heterocycles. The zero-order valence-corrected chi connectivity index (χ0v) is 28.1. The topological polar surface area (TPSA) is 81.7 Å². The van der Waals surface area contributed by atoms with Gasteiger partial charge in [-0.1, -0.05) is 97.1 Å². The van der Waals surface area contributed by atoms with Gasteiger partial charge in [-0.3, -0.25) is 4.79 Å². The molecule has 242 valence electrons. The van der Waals surface area contributed by atoms with Gasteiger partial charge in [0, 0.05) is 6.54 Å². The molecule has 1 N–H and O–H groups in total. The van der Waals surface area contributed by atoms with Gasteiger partial charge in [0.25, 0.3) is 0 Å². The van der Waals surface area contributed by atoms with Crippen molar-refractivity contribution < 1.29 is 22.7 Å². The average molecular weight is 667 g/mol. The van der Waals surface area contributed by atoms with E-state index in [9.17, 15) is 13.2 Å². The number of sulfonamides is 1. The van der Waals surface area contributed by atoms with Crippen LogP contribution in [0.25, 0.3) is 11.1 Å². The van der Waals surface area contributed by atoms with E-state index in [0.717, 1.165) is 36.6 Å². The second-order valence-corrected chi connectivity index (χ2v) is 16.6. The molecule has 0 atom stereocenters. The third-order valence-electron chi connectivity index (χ3n) is 8.07. The van der Waals surface area contributed by atoms with E-state index in [2.05, 4.69) is 95.7 Å². The molecular weight excluding hydrogens is 625 g/mol. The van der Waals surface area contributed by atoms with Crippen molar-refractivity contribution in [2.45, 2.75) is 30.6 Å². The molecule has 0 bridgehead atoms. The van der Waals surface area contributed by atoms with E-state index in [1.165, 1.54) is 15.9 Å². The average Bonchev–Trinajstić information content (AvgIpc) is 3.12. The van der Waals surface area contributed by atoms with Crippen molar-refractivity contribution in [2.24, 2.45) is 0 Å². The Hall–Kier alpha value is -4.13. The summed E-state index contributed by atoms with van der Waals surface area (Å²) in [6, 6.07) is 49.0. The van der Waals surface area contributed by atoms with Crippen molar-refractivity contribution in [3.8, 4) is 11.1 Å². The van der Waals surface area contributed by atoms with Gasteiger partial charge < -0.3 is 9.47 Å². The molecular formula is C39H41NO5PS+.